The monoisotopic (exact) mass is 589 g/mol. The minimum Gasteiger partial charge on any atom is -0.453 e. The van der Waals surface area contributed by atoms with Crippen molar-refractivity contribution in [1.82, 2.24) is 9.13 Å². The van der Waals surface area contributed by atoms with Crippen LogP contribution in [0.5, 0.6) is 11.5 Å². The van der Waals surface area contributed by atoms with Gasteiger partial charge in [-0.1, -0.05) is 91.0 Å². The average Bonchev–Trinajstić information content (AvgIpc) is 3.64. The molecule has 7 aromatic carbocycles. The van der Waals surface area contributed by atoms with Crippen LogP contribution in [0.2, 0.25) is 0 Å². The normalized spacial score (nSPS) is 12.5. The van der Waals surface area contributed by atoms with Gasteiger partial charge >= 0.3 is 0 Å². The van der Waals surface area contributed by atoms with Crippen LogP contribution in [0.1, 0.15) is 0 Å². The third-order valence-corrected chi connectivity index (χ3v) is 9.28. The number of hydrogen-bond acceptors (Lipinski definition) is 2. The Morgan fingerprint density at radius 2 is 0.783 bits per heavy atom. The number of benzene rings is 7. The Morgan fingerprint density at radius 1 is 0.326 bits per heavy atom. The molecule has 0 aliphatic carbocycles. The summed E-state index contributed by atoms with van der Waals surface area (Å²) in [5.74, 6) is 1.64. The van der Waals surface area contributed by atoms with Crippen LogP contribution in [0.4, 0.5) is 17.1 Å². The molecule has 0 bridgehead atoms. The fourth-order valence-corrected chi connectivity index (χ4v) is 7.32. The molecule has 46 heavy (non-hydrogen) atoms. The van der Waals surface area contributed by atoms with E-state index in [0.29, 0.717) is 0 Å². The van der Waals surface area contributed by atoms with Gasteiger partial charge in [0.2, 0.25) is 0 Å². The van der Waals surface area contributed by atoms with Gasteiger partial charge in [0.05, 0.1) is 39.1 Å². The Morgan fingerprint density at radius 3 is 1.33 bits per heavy atom. The molecule has 0 atom stereocenters. The molecule has 0 radical (unpaired) electrons. The second-order valence-electron chi connectivity index (χ2n) is 11.8. The van der Waals surface area contributed by atoms with E-state index in [0.717, 1.165) is 39.9 Å². The zero-order chi connectivity index (χ0) is 30.2. The van der Waals surface area contributed by atoms with Crippen LogP contribution in [0.3, 0.4) is 0 Å². The fourth-order valence-electron chi connectivity index (χ4n) is 7.32. The molecule has 1 aliphatic rings. The van der Waals surface area contributed by atoms with Crippen molar-refractivity contribution in [1.29, 1.82) is 0 Å². The van der Waals surface area contributed by atoms with E-state index in [1.54, 1.807) is 0 Å². The molecule has 2 aromatic heterocycles. The van der Waals surface area contributed by atoms with Crippen LogP contribution in [0.25, 0.3) is 55.0 Å². The maximum absolute atomic E-state index is 6.78. The second kappa shape index (κ2) is 9.62. The molecule has 0 unspecified atom stereocenters. The summed E-state index contributed by atoms with van der Waals surface area (Å²) in [4.78, 5) is 2.32. The number of aromatic nitrogens is 2. The molecule has 0 fully saturated rings. The molecule has 0 saturated heterocycles. The molecule has 4 nitrogen and oxygen atoms in total. The van der Waals surface area contributed by atoms with E-state index in [4.69, 9.17) is 4.74 Å². The molecule has 1 aliphatic heterocycles. The summed E-state index contributed by atoms with van der Waals surface area (Å²) >= 11 is 0. The molecule has 216 valence electrons. The van der Waals surface area contributed by atoms with Crippen molar-refractivity contribution >= 4 is 60.7 Å². The first-order chi connectivity index (χ1) is 22.8. The summed E-state index contributed by atoms with van der Waals surface area (Å²) in [6.45, 7) is 0. The van der Waals surface area contributed by atoms with E-state index in [9.17, 15) is 0 Å². The summed E-state index contributed by atoms with van der Waals surface area (Å²) in [7, 11) is 0. The largest absolute Gasteiger partial charge is 0.453 e. The molecular weight excluding hydrogens is 562 g/mol. The highest BCUT2D eigenvalue weighted by Crippen LogP contribution is 2.52. The maximum Gasteiger partial charge on any atom is 0.153 e. The van der Waals surface area contributed by atoms with Crippen LogP contribution < -0.4 is 9.64 Å². The predicted molar refractivity (Wildman–Crippen MR) is 190 cm³/mol. The van der Waals surface area contributed by atoms with Crippen molar-refractivity contribution in [2.75, 3.05) is 4.90 Å². The lowest BCUT2D eigenvalue weighted by Crippen LogP contribution is -2.16. The minimum absolute atomic E-state index is 0.820. The Hall–Kier alpha value is -6.26. The van der Waals surface area contributed by atoms with Gasteiger partial charge in [-0.2, -0.15) is 0 Å². The van der Waals surface area contributed by atoms with E-state index in [2.05, 4.69) is 178 Å². The molecule has 0 saturated carbocycles. The zero-order valence-corrected chi connectivity index (χ0v) is 24.8. The van der Waals surface area contributed by atoms with E-state index in [1.807, 2.05) is 0 Å². The van der Waals surface area contributed by atoms with Crippen molar-refractivity contribution < 1.29 is 4.74 Å². The van der Waals surface area contributed by atoms with E-state index in [1.165, 1.54) is 43.6 Å². The van der Waals surface area contributed by atoms with Gasteiger partial charge in [0, 0.05) is 39.0 Å². The van der Waals surface area contributed by atoms with Gasteiger partial charge in [-0.3, -0.25) is 0 Å². The van der Waals surface area contributed by atoms with E-state index >= 15 is 0 Å². The number of para-hydroxylation sites is 5. The minimum atomic E-state index is 0.820. The van der Waals surface area contributed by atoms with Gasteiger partial charge < -0.3 is 18.8 Å². The first-order valence-corrected chi connectivity index (χ1v) is 15.6. The Bertz CT molecular complexity index is 2520. The average molecular weight is 590 g/mol. The maximum atomic E-state index is 6.78. The van der Waals surface area contributed by atoms with Crippen LogP contribution in [-0.4, -0.2) is 9.13 Å². The van der Waals surface area contributed by atoms with Gasteiger partial charge in [0.1, 0.15) is 0 Å². The molecule has 0 amide bonds. The number of anilines is 3. The topological polar surface area (TPSA) is 22.3 Å². The number of ether oxygens (including phenoxy) is 1. The first kappa shape index (κ1) is 25.1. The third-order valence-electron chi connectivity index (χ3n) is 9.28. The van der Waals surface area contributed by atoms with Crippen LogP contribution >= 0.6 is 0 Å². The fraction of sp³-hybridized carbons (Fsp3) is 0. The SMILES string of the molecule is c1ccc(N2c3ccc(-n4c5ccccc5c5ccccc54)cc3Oc3ccc(-n4c5ccccc5c5ccccc54)cc32)cc1. The van der Waals surface area contributed by atoms with Crippen molar-refractivity contribution in [3.05, 3.63) is 164 Å². The molecule has 3 heterocycles. The summed E-state index contributed by atoms with van der Waals surface area (Å²) in [5, 5.41) is 4.97. The van der Waals surface area contributed by atoms with Crippen molar-refractivity contribution in [2.24, 2.45) is 0 Å². The highest BCUT2D eigenvalue weighted by Gasteiger charge is 2.28. The molecule has 10 rings (SSSR count). The third kappa shape index (κ3) is 3.55. The number of rotatable bonds is 3. The smallest absolute Gasteiger partial charge is 0.153 e. The highest BCUT2D eigenvalue weighted by molar-refractivity contribution is 6.10. The lowest BCUT2D eigenvalue weighted by atomic mass is 10.1. The molecule has 0 spiro atoms. The van der Waals surface area contributed by atoms with Gasteiger partial charge in [0.25, 0.3) is 0 Å². The molecule has 4 heteroatoms. The Labute approximate surface area is 265 Å². The summed E-state index contributed by atoms with van der Waals surface area (Å²) in [6, 6.07) is 58.1. The van der Waals surface area contributed by atoms with Crippen molar-refractivity contribution in [3.63, 3.8) is 0 Å². The Balaban J connectivity index is 1.18. The summed E-state index contributed by atoms with van der Waals surface area (Å²) in [6.07, 6.45) is 0. The van der Waals surface area contributed by atoms with Gasteiger partial charge in [-0.25, -0.2) is 0 Å². The second-order valence-corrected chi connectivity index (χ2v) is 11.8. The number of nitrogens with zero attached hydrogens (tertiary/aromatic N) is 3. The van der Waals surface area contributed by atoms with E-state index in [-0.39, 0.29) is 0 Å². The van der Waals surface area contributed by atoms with Gasteiger partial charge in [-0.05, 0) is 66.7 Å². The molecule has 0 N–H and O–H groups in total. The molecule has 9 aromatic rings. The first-order valence-electron chi connectivity index (χ1n) is 15.6. The Kier molecular flexibility index (Phi) is 5.25. The standard InChI is InChI=1S/C42H27N3O/c1-2-12-28(13-3-1)43-39-24-22-30(45-37-20-10-6-16-33(37)34-17-7-11-21-38(34)45)27-42(39)46-41-25-23-29(26-40(41)43)44-35-18-8-4-14-31(35)32-15-5-9-19-36(32)44/h1-27H. The van der Waals surface area contributed by atoms with Gasteiger partial charge in [0.15, 0.2) is 11.5 Å². The van der Waals surface area contributed by atoms with Crippen LogP contribution in [0, 0.1) is 0 Å². The lowest BCUT2D eigenvalue weighted by molar-refractivity contribution is 0.476. The summed E-state index contributed by atoms with van der Waals surface area (Å²) in [5.41, 5.74) is 9.96. The highest BCUT2D eigenvalue weighted by atomic mass is 16.5. The quantitative estimate of drug-likeness (QED) is 0.205. The van der Waals surface area contributed by atoms with Crippen molar-refractivity contribution in [3.8, 4) is 22.9 Å². The van der Waals surface area contributed by atoms with Crippen molar-refractivity contribution in [2.45, 2.75) is 0 Å². The summed E-state index contributed by atoms with van der Waals surface area (Å²) < 4.78 is 11.5. The number of hydrogen-bond donors (Lipinski definition) is 0. The van der Waals surface area contributed by atoms with Gasteiger partial charge in [-0.15, -0.1) is 0 Å². The predicted octanol–water partition coefficient (Wildman–Crippen LogP) is 11.5. The lowest BCUT2D eigenvalue weighted by Gasteiger charge is -2.33. The number of fused-ring (bicyclic) bond motifs is 8. The zero-order valence-electron chi connectivity index (χ0n) is 24.8. The van der Waals surface area contributed by atoms with Crippen LogP contribution in [0.15, 0.2) is 164 Å². The molecular formula is C42H27N3O. The van der Waals surface area contributed by atoms with E-state index < -0.39 is 0 Å². The van der Waals surface area contributed by atoms with Crippen LogP contribution in [-0.2, 0) is 0 Å².